The van der Waals surface area contributed by atoms with Crippen molar-refractivity contribution in [3.8, 4) is 11.1 Å². The Kier molecular flexibility index (Phi) is 7.58. The van der Waals surface area contributed by atoms with E-state index in [9.17, 15) is 14.7 Å². The quantitative estimate of drug-likeness (QED) is 0.324. The minimum atomic E-state index is -1.57. The number of hydrazine groups is 1. The predicted molar refractivity (Wildman–Crippen MR) is 125 cm³/mol. The Balaban J connectivity index is 1.41. The largest absolute Gasteiger partial charge is 0.479 e. The minimum Gasteiger partial charge on any atom is -0.479 e. The van der Waals surface area contributed by atoms with Crippen LogP contribution in [-0.2, 0) is 16.0 Å². The molecule has 1 saturated heterocycles. The number of carbonyl (C=O) groups excluding carboxylic acids is 1. The second kappa shape index (κ2) is 11.0. The molecule has 1 aliphatic rings. The van der Waals surface area contributed by atoms with Crippen molar-refractivity contribution in [2.75, 3.05) is 0 Å². The van der Waals surface area contributed by atoms with Crippen molar-refractivity contribution in [2.45, 2.75) is 43.5 Å². The van der Waals surface area contributed by atoms with Crippen molar-refractivity contribution in [1.29, 1.82) is 0 Å². The fraction of sp³-hybridized carbons (Fsp3) is 0.280. The van der Waals surface area contributed by atoms with E-state index in [0.29, 0.717) is 12.8 Å². The highest BCUT2D eigenvalue weighted by atomic mass is 16.4. The van der Waals surface area contributed by atoms with E-state index in [1.165, 1.54) is 0 Å². The Hall–Kier alpha value is -3.66. The van der Waals surface area contributed by atoms with Crippen LogP contribution in [0, 0.1) is 0 Å². The molecule has 3 unspecified atom stereocenters. The summed E-state index contributed by atoms with van der Waals surface area (Å²) in [5.74, 6) is -1.59. The second-order valence-corrected chi connectivity index (χ2v) is 8.32. The van der Waals surface area contributed by atoms with E-state index in [4.69, 9.17) is 5.11 Å². The topological polar surface area (TPSA) is 136 Å². The Morgan fingerprint density at radius 2 is 1.76 bits per heavy atom. The van der Waals surface area contributed by atoms with Gasteiger partial charge in [0.15, 0.2) is 6.10 Å². The average Bonchev–Trinajstić information content (AvgIpc) is 3.36. The van der Waals surface area contributed by atoms with Crippen LogP contribution in [0.15, 0.2) is 73.2 Å². The molecule has 5 N–H and O–H groups in total. The van der Waals surface area contributed by atoms with Gasteiger partial charge in [-0.25, -0.2) is 15.6 Å². The molecule has 0 spiro atoms. The number of carboxylic acids is 1. The van der Waals surface area contributed by atoms with E-state index in [0.717, 1.165) is 22.4 Å². The number of aliphatic hydroxyl groups is 1. The lowest BCUT2D eigenvalue weighted by Crippen LogP contribution is -2.48. The summed E-state index contributed by atoms with van der Waals surface area (Å²) in [7, 11) is 0. The van der Waals surface area contributed by atoms with Crippen LogP contribution in [0.1, 0.15) is 30.1 Å². The van der Waals surface area contributed by atoms with Crippen LogP contribution in [0.25, 0.3) is 11.1 Å². The molecule has 34 heavy (non-hydrogen) atoms. The molecule has 0 bridgehead atoms. The van der Waals surface area contributed by atoms with Crippen molar-refractivity contribution in [2.24, 2.45) is 0 Å². The number of hydrogen-bond acceptors (Lipinski definition) is 7. The van der Waals surface area contributed by atoms with Gasteiger partial charge in [-0.05, 0) is 29.5 Å². The van der Waals surface area contributed by atoms with Gasteiger partial charge in [-0.2, -0.15) is 0 Å². The molecular weight excluding hydrogens is 434 g/mol. The van der Waals surface area contributed by atoms with Crippen LogP contribution in [-0.4, -0.2) is 50.2 Å². The van der Waals surface area contributed by atoms with E-state index in [2.05, 4.69) is 26.1 Å². The molecule has 9 nitrogen and oxygen atoms in total. The normalized spacial score (nSPS) is 19.3. The Morgan fingerprint density at radius 1 is 1.03 bits per heavy atom. The highest BCUT2D eigenvalue weighted by Gasteiger charge is 2.32. The lowest BCUT2D eigenvalue weighted by Gasteiger charge is -2.22. The molecule has 4 atom stereocenters. The molecule has 3 aromatic rings. The van der Waals surface area contributed by atoms with E-state index >= 15 is 0 Å². The third-order valence-corrected chi connectivity index (χ3v) is 5.84. The van der Waals surface area contributed by atoms with Gasteiger partial charge >= 0.3 is 5.97 Å². The number of nitrogens with one attached hydrogen (secondary N) is 3. The molecule has 0 aliphatic carbocycles. The number of nitrogens with zero attached hydrogens (tertiary/aromatic N) is 2. The minimum absolute atomic E-state index is 0.102. The maximum absolute atomic E-state index is 12.9. The zero-order valence-corrected chi connectivity index (χ0v) is 18.5. The standard InChI is InChI=1S/C25H27N5O4/c31-23(25(33)34)13-19(12-16-6-8-18(9-7-16)17-4-2-1-3-5-17)28-24(32)21-14-20(29-30-21)22-15-26-10-11-27-22/h1-11,15,19-21,23,29-31H,12-14H2,(H,28,32)(H,33,34)/t19?,20?,21?,23-/m1/s1. The van der Waals surface area contributed by atoms with Gasteiger partial charge in [0.2, 0.25) is 5.91 Å². The van der Waals surface area contributed by atoms with Crippen LogP contribution < -0.4 is 16.2 Å². The lowest BCUT2D eigenvalue weighted by molar-refractivity contribution is -0.147. The SMILES string of the molecule is O=C(NC(Cc1ccc(-c2ccccc2)cc1)C[C@@H](O)C(=O)O)C1CC(c2cnccn2)NN1. The van der Waals surface area contributed by atoms with Gasteiger partial charge in [0.1, 0.15) is 6.04 Å². The average molecular weight is 462 g/mol. The Bertz CT molecular complexity index is 1100. The third-order valence-electron chi connectivity index (χ3n) is 5.84. The van der Waals surface area contributed by atoms with Crippen molar-refractivity contribution < 1.29 is 19.8 Å². The molecule has 1 fully saturated rings. The van der Waals surface area contributed by atoms with Gasteiger partial charge in [0, 0.05) is 24.9 Å². The van der Waals surface area contributed by atoms with Crippen molar-refractivity contribution in [3.05, 3.63) is 84.4 Å². The summed E-state index contributed by atoms with van der Waals surface area (Å²) in [4.78, 5) is 32.5. The number of carboxylic acid groups (broad SMARTS) is 1. The van der Waals surface area contributed by atoms with Gasteiger partial charge in [0.05, 0.1) is 17.9 Å². The Morgan fingerprint density at radius 3 is 2.44 bits per heavy atom. The van der Waals surface area contributed by atoms with Crippen LogP contribution in [0.5, 0.6) is 0 Å². The van der Waals surface area contributed by atoms with E-state index in [1.54, 1.807) is 18.6 Å². The number of amides is 1. The van der Waals surface area contributed by atoms with Crippen LogP contribution in [0.3, 0.4) is 0 Å². The molecule has 1 aromatic heterocycles. The number of rotatable bonds is 9. The lowest BCUT2D eigenvalue weighted by atomic mass is 9.97. The van der Waals surface area contributed by atoms with Crippen molar-refractivity contribution >= 4 is 11.9 Å². The predicted octanol–water partition coefficient (Wildman–Crippen LogP) is 1.61. The maximum atomic E-state index is 12.9. The summed E-state index contributed by atoms with van der Waals surface area (Å²) >= 11 is 0. The van der Waals surface area contributed by atoms with E-state index in [1.807, 2.05) is 54.6 Å². The fourth-order valence-corrected chi connectivity index (χ4v) is 4.03. The summed E-state index contributed by atoms with van der Waals surface area (Å²) in [5.41, 5.74) is 9.83. The molecule has 1 aliphatic heterocycles. The molecular formula is C25H27N5O4. The van der Waals surface area contributed by atoms with E-state index in [-0.39, 0.29) is 18.4 Å². The number of aliphatic carboxylic acids is 1. The van der Waals surface area contributed by atoms with Crippen molar-refractivity contribution in [1.82, 2.24) is 26.1 Å². The van der Waals surface area contributed by atoms with Gasteiger partial charge in [-0.15, -0.1) is 0 Å². The molecule has 2 heterocycles. The number of aromatic nitrogens is 2. The van der Waals surface area contributed by atoms with Crippen LogP contribution in [0.2, 0.25) is 0 Å². The number of carbonyl (C=O) groups is 2. The van der Waals surface area contributed by atoms with Crippen LogP contribution in [0.4, 0.5) is 0 Å². The zero-order chi connectivity index (χ0) is 23.9. The summed E-state index contributed by atoms with van der Waals surface area (Å²) < 4.78 is 0. The fourth-order valence-electron chi connectivity index (χ4n) is 4.03. The summed E-state index contributed by atoms with van der Waals surface area (Å²) in [5, 5.41) is 22.0. The van der Waals surface area contributed by atoms with E-state index < -0.39 is 24.2 Å². The van der Waals surface area contributed by atoms with Crippen LogP contribution >= 0.6 is 0 Å². The maximum Gasteiger partial charge on any atom is 0.332 e. The molecule has 2 aromatic carbocycles. The summed E-state index contributed by atoms with van der Waals surface area (Å²) in [6, 6.07) is 16.6. The van der Waals surface area contributed by atoms with Gasteiger partial charge in [-0.3, -0.25) is 14.8 Å². The van der Waals surface area contributed by atoms with Gasteiger partial charge in [-0.1, -0.05) is 54.6 Å². The summed E-state index contributed by atoms with van der Waals surface area (Å²) in [6.45, 7) is 0. The molecule has 0 saturated carbocycles. The second-order valence-electron chi connectivity index (χ2n) is 8.32. The number of hydrogen-bond donors (Lipinski definition) is 5. The first-order chi connectivity index (χ1) is 16.5. The van der Waals surface area contributed by atoms with Gasteiger partial charge < -0.3 is 15.5 Å². The highest BCUT2D eigenvalue weighted by molar-refractivity contribution is 5.82. The van der Waals surface area contributed by atoms with Gasteiger partial charge in [0.25, 0.3) is 0 Å². The summed E-state index contributed by atoms with van der Waals surface area (Å²) in [6.07, 6.45) is 4.00. The smallest absolute Gasteiger partial charge is 0.332 e. The molecule has 9 heteroatoms. The Labute approximate surface area is 197 Å². The molecule has 4 rings (SSSR count). The van der Waals surface area contributed by atoms with Crippen molar-refractivity contribution in [3.63, 3.8) is 0 Å². The number of aliphatic hydroxyl groups excluding tert-OH is 1. The zero-order valence-electron chi connectivity index (χ0n) is 18.5. The molecule has 0 radical (unpaired) electrons. The third kappa shape index (κ3) is 6.02. The molecule has 1 amide bonds. The first kappa shape index (κ1) is 23.5. The first-order valence-corrected chi connectivity index (χ1v) is 11.1. The molecule has 176 valence electrons. The highest BCUT2D eigenvalue weighted by Crippen LogP contribution is 2.22. The number of benzene rings is 2. The monoisotopic (exact) mass is 461 g/mol. The first-order valence-electron chi connectivity index (χ1n) is 11.1.